The summed E-state index contributed by atoms with van der Waals surface area (Å²) in [6, 6.07) is 18.0. The average Bonchev–Trinajstić information content (AvgIpc) is 3.46. The minimum atomic E-state index is -0.650. The SMILES string of the molecule is COc1ccc(/C(=N/OC(=O)c2ccc(Cl)cc2Cl)[C@H]2C[C@H]2c2ccc3c(c2)OCO3)cc1. The summed E-state index contributed by atoms with van der Waals surface area (Å²) in [5.41, 5.74) is 2.84. The number of rotatable bonds is 6. The molecule has 168 valence electrons. The van der Waals surface area contributed by atoms with Gasteiger partial charge in [-0.15, -0.1) is 0 Å². The van der Waals surface area contributed by atoms with Crippen LogP contribution in [0.25, 0.3) is 0 Å². The van der Waals surface area contributed by atoms with Gasteiger partial charge in [-0.1, -0.05) is 34.4 Å². The van der Waals surface area contributed by atoms with Crippen LogP contribution in [0.3, 0.4) is 0 Å². The molecule has 0 aromatic heterocycles. The Morgan fingerprint density at radius 2 is 1.79 bits per heavy atom. The van der Waals surface area contributed by atoms with E-state index in [1.54, 1.807) is 13.2 Å². The fraction of sp³-hybridized carbons (Fsp3) is 0.200. The standard InChI is InChI=1S/C25H19Cl2NO5/c1-30-17-6-2-14(3-7-17)24(28-33-25(29)18-8-5-16(26)11-21(18)27)20-12-19(20)15-4-9-22-23(10-15)32-13-31-22/h2-11,19-20H,12-13H2,1H3/b28-24-/t19-,20-/m0/s1. The molecule has 0 saturated heterocycles. The van der Waals surface area contributed by atoms with Crippen molar-refractivity contribution < 1.29 is 23.8 Å². The molecule has 0 radical (unpaired) electrons. The molecular weight excluding hydrogens is 465 g/mol. The van der Waals surface area contributed by atoms with Gasteiger partial charge in [0.25, 0.3) is 0 Å². The zero-order valence-corrected chi connectivity index (χ0v) is 19.1. The monoisotopic (exact) mass is 483 g/mol. The molecule has 33 heavy (non-hydrogen) atoms. The Hall–Kier alpha value is -3.22. The normalized spacial score (nSPS) is 18.7. The van der Waals surface area contributed by atoms with Crippen molar-refractivity contribution in [2.75, 3.05) is 13.9 Å². The molecule has 8 heteroatoms. The molecule has 3 aromatic carbocycles. The number of hydrogen-bond acceptors (Lipinski definition) is 6. The number of nitrogens with zero attached hydrogens (tertiary/aromatic N) is 1. The van der Waals surface area contributed by atoms with Gasteiger partial charge < -0.3 is 19.0 Å². The first kappa shape index (κ1) is 21.6. The van der Waals surface area contributed by atoms with Gasteiger partial charge in [-0.25, -0.2) is 4.79 Å². The maximum Gasteiger partial charge on any atom is 0.367 e. The van der Waals surface area contributed by atoms with E-state index in [9.17, 15) is 4.79 Å². The predicted octanol–water partition coefficient (Wildman–Crippen LogP) is 6.10. The molecule has 5 rings (SSSR count). The first-order chi connectivity index (χ1) is 16.0. The summed E-state index contributed by atoms with van der Waals surface area (Å²) in [6.07, 6.45) is 0.865. The van der Waals surface area contributed by atoms with Gasteiger partial charge in [0.05, 0.1) is 23.4 Å². The highest BCUT2D eigenvalue weighted by molar-refractivity contribution is 6.36. The van der Waals surface area contributed by atoms with Gasteiger partial charge in [-0.3, -0.25) is 0 Å². The van der Waals surface area contributed by atoms with E-state index >= 15 is 0 Å². The Morgan fingerprint density at radius 1 is 1.00 bits per heavy atom. The van der Waals surface area contributed by atoms with Crippen LogP contribution in [0, 0.1) is 5.92 Å². The van der Waals surface area contributed by atoms with Crippen LogP contribution in [-0.2, 0) is 4.84 Å². The van der Waals surface area contributed by atoms with Crippen molar-refractivity contribution in [2.45, 2.75) is 12.3 Å². The lowest BCUT2D eigenvalue weighted by molar-refractivity contribution is 0.0515. The Morgan fingerprint density at radius 3 is 2.55 bits per heavy atom. The van der Waals surface area contributed by atoms with Gasteiger partial charge in [0.15, 0.2) is 11.5 Å². The van der Waals surface area contributed by atoms with Crippen LogP contribution in [0.4, 0.5) is 0 Å². The molecule has 1 saturated carbocycles. The summed E-state index contributed by atoms with van der Waals surface area (Å²) in [5, 5.41) is 4.92. The molecule has 0 amide bonds. The Labute approximate surface area is 200 Å². The molecule has 0 unspecified atom stereocenters. The number of hydrogen-bond donors (Lipinski definition) is 0. The van der Waals surface area contributed by atoms with Crippen molar-refractivity contribution in [3.8, 4) is 17.2 Å². The highest BCUT2D eigenvalue weighted by atomic mass is 35.5. The van der Waals surface area contributed by atoms with Crippen molar-refractivity contribution in [3.05, 3.63) is 87.4 Å². The maximum atomic E-state index is 12.6. The fourth-order valence-electron chi connectivity index (χ4n) is 3.90. The topological polar surface area (TPSA) is 66.4 Å². The third-order valence-corrected chi connectivity index (χ3v) is 6.28. The number of methoxy groups -OCH3 is 1. The first-order valence-corrected chi connectivity index (χ1v) is 11.1. The van der Waals surface area contributed by atoms with E-state index in [1.165, 1.54) is 12.1 Å². The molecule has 0 bridgehead atoms. The van der Waals surface area contributed by atoms with E-state index in [0.29, 0.717) is 10.7 Å². The Bertz CT molecular complexity index is 1240. The van der Waals surface area contributed by atoms with Crippen LogP contribution >= 0.6 is 23.2 Å². The van der Waals surface area contributed by atoms with Crippen molar-refractivity contribution in [3.63, 3.8) is 0 Å². The third-order valence-electron chi connectivity index (χ3n) is 5.73. The van der Waals surface area contributed by atoms with E-state index in [2.05, 4.69) is 5.16 Å². The number of benzene rings is 3. The van der Waals surface area contributed by atoms with E-state index < -0.39 is 5.97 Å². The van der Waals surface area contributed by atoms with Crippen molar-refractivity contribution in [2.24, 2.45) is 11.1 Å². The number of carbonyl (C=O) groups is 1. The molecule has 2 atom stereocenters. The van der Waals surface area contributed by atoms with Crippen LogP contribution in [-0.4, -0.2) is 25.6 Å². The fourth-order valence-corrected chi connectivity index (χ4v) is 4.39. The first-order valence-electron chi connectivity index (χ1n) is 10.3. The van der Waals surface area contributed by atoms with Crippen LogP contribution in [0.5, 0.6) is 17.2 Å². The van der Waals surface area contributed by atoms with E-state index in [0.717, 1.165) is 34.8 Å². The molecular formula is C25H19Cl2NO5. The number of ether oxygens (including phenoxy) is 3. The summed E-state index contributed by atoms with van der Waals surface area (Å²) in [4.78, 5) is 18.0. The van der Waals surface area contributed by atoms with Gasteiger partial charge in [0, 0.05) is 10.9 Å². The Balaban J connectivity index is 1.41. The zero-order chi connectivity index (χ0) is 22.9. The summed E-state index contributed by atoms with van der Waals surface area (Å²) in [7, 11) is 1.61. The smallest absolute Gasteiger partial charge is 0.367 e. The van der Waals surface area contributed by atoms with Crippen molar-refractivity contribution >= 4 is 34.9 Å². The van der Waals surface area contributed by atoms with E-state index in [4.69, 9.17) is 42.3 Å². The number of halogens is 2. The van der Waals surface area contributed by atoms with Crippen LogP contribution in [0.15, 0.2) is 65.8 Å². The lowest BCUT2D eigenvalue weighted by atomic mass is 10.0. The summed E-state index contributed by atoms with van der Waals surface area (Å²) in [5.74, 6) is 1.86. The maximum absolute atomic E-state index is 12.6. The summed E-state index contributed by atoms with van der Waals surface area (Å²) < 4.78 is 16.2. The Kier molecular flexibility index (Phi) is 5.87. The van der Waals surface area contributed by atoms with Gasteiger partial charge in [-0.2, -0.15) is 0 Å². The molecule has 1 heterocycles. The molecule has 1 aliphatic heterocycles. The summed E-state index contributed by atoms with van der Waals surface area (Å²) in [6.45, 7) is 0.231. The van der Waals surface area contributed by atoms with Crippen LogP contribution in [0.1, 0.15) is 33.8 Å². The molecule has 0 spiro atoms. The van der Waals surface area contributed by atoms with Crippen LogP contribution in [0.2, 0.25) is 10.0 Å². The average molecular weight is 484 g/mol. The predicted molar refractivity (Wildman–Crippen MR) is 125 cm³/mol. The van der Waals surface area contributed by atoms with Gasteiger partial charge >= 0.3 is 5.97 Å². The summed E-state index contributed by atoms with van der Waals surface area (Å²) >= 11 is 12.1. The quantitative estimate of drug-likeness (QED) is 0.241. The van der Waals surface area contributed by atoms with E-state index in [1.807, 2.05) is 42.5 Å². The lowest BCUT2D eigenvalue weighted by Gasteiger charge is -2.09. The van der Waals surface area contributed by atoms with E-state index in [-0.39, 0.29) is 29.2 Å². The second-order valence-corrected chi connectivity index (χ2v) is 8.61. The van der Waals surface area contributed by atoms with Crippen LogP contribution < -0.4 is 14.2 Å². The minimum Gasteiger partial charge on any atom is -0.497 e. The molecule has 0 N–H and O–H groups in total. The highest BCUT2D eigenvalue weighted by Crippen LogP contribution is 2.51. The molecule has 1 fully saturated rings. The van der Waals surface area contributed by atoms with Gasteiger partial charge in [0.2, 0.25) is 6.79 Å². The highest BCUT2D eigenvalue weighted by Gasteiger charge is 2.43. The second kappa shape index (κ2) is 8.96. The van der Waals surface area contributed by atoms with Gasteiger partial charge in [-0.05, 0) is 78.1 Å². The number of fused-ring (bicyclic) bond motifs is 1. The third kappa shape index (κ3) is 4.49. The lowest BCUT2D eigenvalue weighted by Crippen LogP contribution is -2.10. The van der Waals surface area contributed by atoms with Crippen molar-refractivity contribution in [1.82, 2.24) is 0 Å². The molecule has 2 aliphatic rings. The number of oxime groups is 1. The molecule has 3 aromatic rings. The largest absolute Gasteiger partial charge is 0.497 e. The van der Waals surface area contributed by atoms with Crippen molar-refractivity contribution in [1.29, 1.82) is 0 Å². The second-order valence-electron chi connectivity index (χ2n) is 7.77. The zero-order valence-electron chi connectivity index (χ0n) is 17.6. The minimum absolute atomic E-state index is 0.0762. The van der Waals surface area contributed by atoms with Gasteiger partial charge in [0.1, 0.15) is 5.75 Å². The molecule has 1 aliphatic carbocycles. The number of carbonyl (C=O) groups excluding carboxylic acids is 1. The molecule has 6 nitrogen and oxygen atoms in total.